The summed E-state index contributed by atoms with van der Waals surface area (Å²) in [6.07, 6.45) is 5.41. The van der Waals surface area contributed by atoms with Crippen LogP contribution >= 0.6 is 43.5 Å². The molecule has 0 bridgehead atoms. The Labute approximate surface area is 340 Å². The van der Waals surface area contributed by atoms with Gasteiger partial charge in [-0.05, 0) is 58.7 Å². The molecule has 0 unspecified atom stereocenters. The second kappa shape index (κ2) is 19.6. The molecule has 0 aliphatic carbocycles. The molecule has 0 atom stereocenters. The second-order valence-electron chi connectivity index (χ2n) is 11.1. The summed E-state index contributed by atoms with van der Waals surface area (Å²) in [4.78, 5) is 16.2. The monoisotopic (exact) mass is 924 g/mol. The highest BCUT2D eigenvalue weighted by atomic mass is 79.9. The first-order chi connectivity index (χ1) is 26.4. The molecule has 282 valence electrons. The number of aromatic nitrogens is 4. The fourth-order valence-electron chi connectivity index (χ4n) is 4.69. The number of rotatable bonds is 13. The van der Waals surface area contributed by atoms with Gasteiger partial charge in [0.05, 0.1) is 28.5 Å². The van der Waals surface area contributed by atoms with Crippen LogP contribution in [0.2, 0.25) is 5.15 Å². The van der Waals surface area contributed by atoms with Gasteiger partial charge in [0.25, 0.3) is 20.0 Å². The summed E-state index contributed by atoms with van der Waals surface area (Å²) in [6, 6.07) is 32.7. The number of aliphatic hydroxyl groups is 1. The number of nitrogens with one attached hydrogen (secondary N) is 2. The van der Waals surface area contributed by atoms with E-state index in [9.17, 15) is 16.8 Å². The van der Waals surface area contributed by atoms with Crippen molar-refractivity contribution < 1.29 is 26.7 Å². The van der Waals surface area contributed by atoms with Crippen LogP contribution in [0, 0.1) is 0 Å². The highest BCUT2D eigenvalue weighted by molar-refractivity contribution is 9.10. The van der Waals surface area contributed by atoms with Crippen LogP contribution < -0.4 is 14.2 Å². The molecule has 0 fully saturated rings. The Morgan fingerprint density at radius 1 is 0.618 bits per heavy atom. The van der Waals surface area contributed by atoms with Gasteiger partial charge in [-0.25, -0.2) is 36.8 Å². The fraction of sp³-hybridized carbons (Fsp3) is 0.0526. The van der Waals surface area contributed by atoms with E-state index in [1.807, 2.05) is 60.7 Å². The Hall–Kier alpha value is -4.97. The summed E-state index contributed by atoms with van der Waals surface area (Å²) < 4.78 is 62.2. The fourth-order valence-corrected chi connectivity index (χ4v) is 7.12. The van der Waals surface area contributed by atoms with Crippen molar-refractivity contribution in [3.63, 3.8) is 0 Å². The third kappa shape index (κ3) is 12.5. The summed E-state index contributed by atoms with van der Waals surface area (Å²) in [6.45, 7) is -0.189. The first-order valence-electron chi connectivity index (χ1n) is 16.1. The van der Waals surface area contributed by atoms with E-state index in [4.69, 9.17) is 21.4 Å². The smallest absolute Gasteiger partial charge is 0.256 e. The molecule has 4 aromatic carbocycles. The average molecular weight is 927 g/mol. The predicted molar refractivity (Wildman–Crippen MR) is 224 cm³/mol. The van der Waals surface area contributed by atoms with Crippen molar-refractivity contribution in [2.45, 2.75) is 0 Å². The molecule has 0 saturated carbocycles. The zero-order chi connectivity index (χ0) is 39.3. The highest BCUT2D eigenvalue weighted by Gasteiger charge is 2.19. The maximum absolute atomic E-state index is 12.6. The molecule has 6 aromatic rings. The number of anilines is 2. The van der Waals surface area contributed by atoms with Crippen molar-refractivity contribution in [2.75, 3.05) is 22.7 Å². The van der Waals surface area contributed by atoms with Gasteiger partial charge in [-0.1, -0.05) is 128 Å². The van der Waals surface area contributed by atoms with Gasteiger partial charge in [0, 0.05) is 8.95 Å². The van der Waals surface area contributed by atoms with E-state index in [2.05, 4.69) is 61.2 Å². The van der Waals surface area contributed by atoms with Gasteiger partial charge in [0.1, 0.15) is 24.4 Å². The van der Waals surface area contributed by atoms with E-state index in [-0.39, 0.29) is 35.9 Å². The van der Waals surface area contributed by atoms with E-state index < -0.39 is 20.0 Å². The maximum atomic E-state index is 12.6. The number of nitrogens with zero attached hydrogens (tertiary/aromatic N) is 4. The number of hydrogen-bond acceptors (Lipinski definition) is 10. The molecule has 55 heavy (non-hydrogen) atoms. The number of halogens is 3. The molecule has 17 heteroatoms. The number of sulfonamides is 2. The lowest BCUT2D eigenvalue weighted by molar-refractivity contribution is 0.197. The third-order valence-electron chi connectivity index (χ3n) is 7.17. The SMILES string of the molecule is O=S(=O)(/C=C/c1ccccc1)Nc1ncnc(Cl)c1-c1ccc(Br)cc1.O=S(=O)(/C=C/c1ccccc1)Nc1ncnc(OCCO)c1-c1ccc(Br)cc1. The van der Waals surface area contributed by atoms with E-state index in [1.54, 1.807) is 48.5 Å². The summed E-state index contributed by atoms with van der Waals surface area (Å²) in [5, 5.41) is 11.4. The van der Waals surface area contributed by atoms with Crippen LogP contribution in [0.15, 0.2) is 142 Å². The molecule has 3 N–H and O–H groups in total. The zero-order valence-corrected chi connectivity index (χ0v) is 34.1. The molecule has 6 rings (SSSR count). The van der Waals surface area contributed by atoms with Crippen LogP contribution in [0.3, 0.4) is 0 Å². The van der Waals surface area contributed by atoms with Crippen LogP contribution in [-0.2, 0) is 20.0 Å². The standard InChI is InChI=1S/C20H18BrN3O4S.C18H13BrClN3O2S/c21-17-8-6-16(7-9-17)18-19(22-14-23-20(18)28-12-11-25)24-29(26,27)13-10-15-4-2-1-3-5-15;19-15-8-6-14(7-9-15)16-17(20)21-12-22-18(16)23-26(24,25)11-10-13-4-2-1-3-5-13/h1-10,13-14,25H,11-12H2,(H,22,23,24);1-12H,(H,21,22,23)/b13-10+;11-10+. The zero-order valence-electron chi connectivity index (χ0n) is 28.5. The number of ether oxygens (including phenoxy) is 1. The van der Waals surface area contributed by atoms with Gasteiger partial charge < -0.3 is 9.84 Å². The maximum Gasteiger partial charge on any atom is 0.256 e. The molecule has 12 nitrogen and oxygen atoms in total. The topological polar surface area (TPSA) is 173 Å². The van der Waals surface area contributed by atoms with Crippen LogP contribution in [0.5, 0.6) is 5.88 Å². The Morgan fingerprint density at radius 3 is 1.53 bits per heavy atom. The molecule has 0 amide bonds. The van der Waals surface area contributed by atoms with E-state index in [0.717, 1.165) is 30.9 Å². The molecule has 0 aliphatic rings. The molecular formula is C38H31Br2ClN6O6S2. The van der Waals surface area contributed by atoms with Crippen molar-refractivity contribution in [1.82, 2.24) is 19.9 Å². The molecule has 0 aliphatic heterocycles. The van der Waals surface area contributed by atoms with Crippen molar-refractivity contribution >= 4 is 87.3 Å². The molecule has 2 aromatic heterocycles. The second-order valence-corrected chi connectivity index (χ2v) is 16.4. The lowest BCUT2D eigenvalue weighted by atomic mass is 10.1. The van der Waals surface area contributed by atoms with Crippen LogP contribution in [0.1, 0.15) is 11.1 Å². The first-order valence-corrected chi connectivity index (χ1v) is 21.1. The largest absolute Gasteiger partial charge is 0.475 e. The van der Waals surface area contributed by atoms with Gasteiger partial charge in [0.15, 0.2) is 11.6 Å². The van der Waals surface area contributed by atoms with Crippen LogP contribution in [0.4, 0.5) is 11.6 Å². The minimum absolute atomic E-state index is 0.0145. The highest BCUT2D eigenvalue weighted by Crippen LogP contribution is 2.36. The summed E-state index contributed by atoms with van der Waals surface area (Å²) in [7, 11) is -7.62. The summed E-state index contributed by atoms with van der Waals surface area (Å²) in [5.41, 5.74) is 3.67. The lowest BCUT2D eigenvalue weighted by Crippen LogP contribution is -2.13. The number of benzene rings is 4. The van der Waals surface area contributed by atoms with Crippen molar-refractivity contribution in [1.29, 1.82) is 0 Å². The Bertz CT molecular complexity index is 2480. The average Bonchev–Trinajstić information content (AvgIpc) is 3.17. The van der Waals surface area contributed by atoms with Gasteiger partial charge in [-0.3, -0.25) is 9.44 Å². The number of hydrogen-bond donors (Lipinski definition) is 3. The number of aliphatic hydroxyl groups excluding tert-OH is 1. The van der Waals surface area contributed by atoms with Gasteiger partial charge in [-0.15, -0.1) is 0 Å². The van der Waals surface area contributed by atoms with Crippen LogP contribution in [0.25, 0.3) is 34.4 Å². The van der Waals surface area contributed by atoms with E-state index in [1.165, 1.54) is 24.8 Å². The summed E-state index contributed by atoms with van der Waals surface area (Å²) in [5.74, 6) is 0.360. The van der Waals surface area contributed by atoms with Crippen molar-refractivity contribution in [2.24, 2.45) is 0 Å². The molecule has 0 radical (unpaired) electrons. The van der Waals surface area contributed by atoms with E-state index >= 15 is 0 Å². The Kier molecular flexibility index (Phi) is 14.7. The minimum Gasteiger partial charge on any atom is -0.475 e. The normalized spacial score (nSPS) is 11.6. The van der Waals surface area contributed by atoms with Gasteiger partial charge in [-0.2, -0.15) is 0 Å². The molecule has 0 spiro atoms. The Balaban J connectivity index is 0.000000212. The lowest BCUT2D eigenvalue weighted by Gasteiger charge is -2.14. The van der Waals surface area contributed by atoms with Crippen LogP contribution in [-0.4, -0.2) is 55.1 Å². The van der Waals surface area contributed by atoms with Crippen molar-refractivity contribution in [3.05, 3.63) is 158 Å². The van der Waals surface area contributed by atoms with Crippen molar-refractivity contribution in [3.8, 4) is 28.1 Å². The first kappa shape index (κ1) is 41.2. The molecule has 0 saturated heterocycles. The summed E-state index contributed by atoms with van der Waals surface area (Å²) >= 11 is 12.9. The quantitative estimate of drug-likeness (QED) is 0.0952. The van der Waals surface area contributed by atoms with Gasteiger partial charge >= 0.3 is 0 Å². The minimum atomic E-state index is -3.84. The Morgan fingerprint density at radius 2 is 1.05 bits per heavy atom. The third-order valence-corrected chi connectivity index (χ3v) is 10.5. The predicted octanol–water partition coefficient (Wildman–Crippen LogP) is 8.66. The molecular weight excluding hydrogens is 896 g/mol. The van der Waals surface area contributed by atoms with E-state index in [0.29, 0.717) is 22.3 Å². The molecule has 2 heterocycles. The van der Waals surface area contributed by atoms with Gasteiger partial charge in [0.2, 0.25) is 5.88 Å².